The average molecular weight is 337 g/mol. The number of carbonyl (C=O) groups is 2. The van der Waals surface area contributed by atoms with Gasteiger partial charge in [0, 0.05) is 36.3 Å². The molecule has 0 saturated heterocycles. The van der Waals surface area contributed by atoms with E-state index in [1.807, 2.05) is 30.5 Å². The second-order valence-electron chi connectivity index (χ2n) is 6.44. The Bertz CT molecular complexity index is 967. The van der Waals surface area contributed by atoms with Crippen LogP contribution in [0.2, 0.25) is 0 Å². The predicted octanol–water partition coefficient (Wildman–Crippen LogP) is 1.75. The normalized spacial score (nSPS) is 14.0. The minimum atomic E-state index is -0.595. The van der Waals surface area contributed by atoms with Crippen molar-refractivity contribution in [3.05, 3.63) is 53.5 Å². The van der Waals surface area contributed by atoms with Crippen LogP contribution in [0.1, 0.15) is 39.4 Å². The largest absolute Gasteiger partial charge is 0.364 e. The number of nitrogens with zero attached hydrogens (tertiary/aromatic N) is 3. The average Bonchev–Trinajstić information content (AvgIpc) is 3.17. The third-order valence-electron chi connectivity index (χ3n) is 4.67. The van der Waals surface area contributed by atoms with E-state index >= 15 is 0 Å². The Morgan fingerprint density at radius 1 is 1.36 bits per heavy atom. The van der Waals surface area contributed by atoms with Crippen molar-refractivity contribution in [2.45, 2.75) is 25.4 Å². The van der Waals surface area contributed by atoms with Crippen molar-refractivity contribution in [3.8, 4) is 0 Å². The van der Waals surface area contributed by atoms with Gasteiger partial charge in [-0.3, -0.25) is 14.3 Å². The lowest BCUT2D eigenvalue weighted by molar-refractivity contribution is 0.0778. The molecule has 3 N–H and O–H groups in total. The van der Waals surface area contributed by atoms with E-state index in [1.54, 1.807) is 11.9 Å². The van der Waals surface area contributed by atoms with Crippen LogP contribution in [-0.2, 0) is 6.54 Å². The number of rotatable bonds is 5. The lowest BCUT2D eigenvalue weighted by Gasteiger charge is -2.14. The van der Waals surface area contributed by atoms with Crippen LogP contribution in [0.25, 0.3) is 10.9 Å². The number of carbonyl (C=O) groups excluding carboxylic acids is 2. The van der Waals surface area contributed by atoms with Crippen molar-refractivity contribution >= 4 is 22.7 Å². The summed E-state index contributed by atoms with van der Waals surface area (Å²) in [5.74, 6) is -0.773. The van der Waals surface area contributed by atoms with Crippen molar-refractivity contribution in [2.75, 3.05) is 7.05 Å². The summed E-state index contributed by atoms with van der Waals surface area (Å²) in [7, 11) is 1.77. The first-order chi connectivity index (χ1) is 12.0. The number of aromatic nitrogens is 3. The number of primary amides is 1. The summed E-state index contributed by atoms with van der Waals surface area (Å²) in [5, 5.41) is 5.42. The Kier molecular flexibility index (Phi) is 3.56. The van der Waals surface area contributed by atoms with Crippen molar-refractivity contribution in [3.63, 3.8) is 0 Å². The van der Waals surface area contributed by atoms with Gasteiger partial charge in [0.15, 0.2) is 5.69 Å². The fourth-order valence-electron chi connectivity index (χ4n) is 3.10. The smallest absolute Gasteiger partial charge is 0.274 e. The number of amides is 2. The molecule has 0 spiro atoms. The maximum Gasteiger partial charge on any atom is 0.274 e. The van der Waals surface area contributed by atoms with Gasteiger partial charge >= 0.3 is 0 Å². The van der Waals surface area contributed by atoms with Crippen LogP contribution in [0.15, 0.2) is 36.5 Å². The predicted molar refractivity (Wildman–Crippen MR) is 93.3 cm³/mol. The molecule has 7 nitrogen and oxygen atoms in total. The van der Waals surface area contributed by atoms with Gasteiger partial charge in [-0.15, -0.1) is 0 Å². The topological polar surface area (TPSA) is 97.0 Å². The molecule has 3 aromatic rings. The number of nitrogens with one attached hydrogen (secondary N) is 1. The van der Waals surface area contributed by atoms with Crippen molar-refractivity contribution < 1.29 is 9.59 Å². The number of hydrogen-bond donors (Lipinski definition) is 2. The fraction of sp³-hybridized carbons (Fsp3) is 0.278. The number of nitrogens with two attached hydrogens (primary N) is 1. The molecule has 128 valence electrons. The summed E-state index contributed by atoms with van der Waals surface area (Å²) in [6, 6.07) is 9.64. The second-order valence-corrected chi connectivity index (χ2v) is 6.44. The van der Waals surface area contributed by atoms with Crippen LogP contribution >= 0.6 is 0 Å². The number of hydrogen-bond acceptors (Lipinski definition) is 3. The highest BCUT2D eigenvalue weighted by Crippen LogP contribution is 2.27. The molecule has 1 fully saturated rings. The van der Waals surface area contributed by atoms with E-state index in [0.717, 1.165) is 29.3 Å². The number of fused-ring (bicyclic) bond motifs is 1. The molecule has 0 radical (unpaired) electrons. The molecule has 0 unspecified atom stereocenters. The highest BCUT2D eigenvalue weighted by atomic mass is 16.2. The first-order valence-electron chi connectivity index (χ1n) is 8.24. The molecule has 1 aliphatic rings. The molecule has 2 heterocycles. The lowest BCUT2D eigenvalue weighted by Crippen LogP contribution is -2.29. The van der Waals surface area contributed by atoms with Gasteiger partial charge in [0.2, 0.25) is 0 Å². The van der Waals surface area contributed by atoms with E-state index in [-0.39, 0.29) is 23.3 Å². The first kappa shape index (κ1) is 15.4. The van der Waals surface area contributed by atoms with Crippen molar-refractivity contribution in [1.29, 1.82) is 0 Å². The zero-order valence-electron chi connectivity index (χ0n) is 13.9. The third kappa shape index (κ3) is 2.77. The van der Waals surface area contributed by atoms with Gasteiger partial charge in [0.05, 0.1) is 6.54 Å². The standard InChI is InChI=1S/C18H19N5O2/c1-22(12-5-6-12)18(25)15-9-16(17(19)24)23(21-15)10-11-3-2-4-14-13(11)7-8-20-14/h2-4,7-9,12,20H,5-6,10H2,1H3,(H2,19,24). The van der Waals surface area contributed by atoms with E-state index in [9.17, 15) is 9.59 Å². The quantitative estimate of drug-likeness (QED) is 0.742. The van der Waals surface area contributed by atoms with Crippen LogP contribution in [0.3, 0.4) is 0 Å². The Morgan fingerprint density at radius 3 is 2.88 bits per heavy atom. The summed E-state index contributed by atoms with van der Waals surface area (Å²) in [5.41, 5.74) is 7.99. The molecule has 4 rings (SSSR count). The van der Waals surface area contributed by atoms with E-state index < -0.39 is 5.91 Å². The monoisotopic (exact) mass is 337 g/mol. The fourth-order valence-corrected chi connectivity index (χ4v) is 3.10. The van der Waals surface area contributed by atoms with E-state index in [2.05, 4.69) is 10.1 Å². The molecule has 0 atom stereocenters. The van der Waals surface area contributed by atoms with Crippen LogP contribution < -0.4 is 5.73 Å². The van der Waals surface area contributed by atoms with E-state index in [0.29, 0.717) is 6.54 Å². The minimum absolute atomic E-state index is 0.177. The molecule has 0 aliphatic heterocycles. The summed E-state index contributed by atoms with van der Waals surface area (Å²) >= 11 is 0. The Morgan fingerprint density at radius 2 is 2.16 bits per heavy atom. The molecule has 1 saturated carbocycles. The summed E-state index contributed by atoms with van der Waals surface area (Å²) in [6.07, 6.45) is 3.90. The zero-order chi connectivity index (χ0) is 17.6. The molecular formula is C18H19N5O2. The van der Waals surface area contributed by atoms with E-state index in [4.69, 9.17) is 5.73 Å². The van der Waals surface area contributed by atoms with E-state index in [1.165, 1.54) is 10.7 Å². The van der Waals surface area contributed by atoms with Gasteiger partial charge in [-0.2, -0.15) is 5.10 Å². The highest BCUT2D eigenvalue weighted by molar-refractivity contribution is 5.97. The highest BCUT2D eigenvalue weighted by Gasteiger charge is 2.31. The first-order valence-corrected chi connectivity index (χ1v) is 8.24. The van der Waals surface area contributed by atoms with Gasteiger partial charge in [0.1, 0.15) is 5.69 Å². The number of H-pyrrole nitrogens is 1. The van der Waals surface area contributed by atoms with Gasteiger partial charge in [0.25, 0.3) is 11.8 Å². The third-order valence-corrected chi connectivity index (χ3v) is 4.67. The lowest BCUT2D eigenvalue weighted by atomic mass is 10.1. The molecular weight excluding hydrogens is 318 g/mol. The minimum Gasteiger partial charge on any atom is -0.364 e. The van der Waals surface area contributed by atoms with Crippen LogP contribution in [-0.4, -0.2) is 44.6 Å². The zero-order valence-corrected chi connectivity index (χ0v) is 13.9. The summed E-state index contributed by atoms with van der Waals surface area (Å²) < 4.78 is 1.51. The molecule has 2 amide bonds. The van der Waals surface area contributed by atoms with Crippen molar-refractivity contribution in [1.82, 2.24) is 19.7 Å². The number of aromatic amines is 1. The van der Waals surface area contributed by atoms with Crippen LogP contribution in [0.5, 0.6) is 0 Å². The number of benzene rings is 1. The molecule has 0 bridgehead atoms. The second kappa shape index (κ2) is 5.77. The molecule has 2 aromatic heterocycles. The maximum absolute atomic E-state index is 12.5. The SMILES string of the molecule is CN(C(=O)c1cc(C(N)=O)n(Cc2cccc3[nH]ccc23)n1)C1CC1. The van der Waals surface area contributed by atoms with Crippen LogP contribution in [0, 0.1) is 0 Å². The Hall–Kier alpha value is -3.09. The summed E-state index contributed by atoms with van der Waals surface area (Å²) in [6.45, 7) is 0.369. The van der Waals surface area contributed by atoms with Gasteiger partial charge in [-0.05, 0) is 30.5 Å². The maximum atomic E-state index is 12.5. The summed E-state index contributed by atoms with van der Waals surface area (Å²) in [4.78, 5) is 29.2. The Labute approximate surface area is 144 Å². The van der Waals surface area contributed by atoms with Gasteiger partial charge in [-0.1, -0.05) is 12.1 Å². The van der Waals surface area contributed by atoms with Gasteiger partial charge < -0.3 is 15.6 Å². The molecule has 1 aromatic carbocycles. The molecule has 25 heavy (non-hydrogen) atoms. The Balaban J connectivity index is 1.69. The molecule has 1 aliphatic carbocycles. The molecule has 7 heteroatoms. The van der Waals surface area contributed by atoms with Gasteiger partial charge in [-0.25, -0.2) is 0 Å². The van der Waals surface area contributed by atoms with Crippen molar-refractivity contribution in [2.24, 2.45) is 5.73 Å². The van der Waals surface area contributed by atoms with Crippen LogP contribution in [0.4, 0.5) is 0 Å².